The third-order valence-electron chi connectivity index (χ3n) is 5.54. The smallest absolute Gasteiger partial charge is 0.310 e. The van der Waals surface area contributed by atoms with Crippen LogP contribution in [-0.4, -0.2) is 23.5 Å². The van der Waals surface area contributed by atoms with Crippen molar-refractivity contribution < 1.29 is 14.7 Å². The zero-order chi connectivity index (χ0) is 14.2. The van der Waals surface area contributed by atoms with Gasteiger partial charge in [0.15, 0.2) is 0 Å². The second-order valence-corrected chi connectivity index (χ2v) is 6.80. The molecule has 2 bridgehead atoms. The second kappa shape index (κ2) is 5.23. The molecule has 2 fully saturated rings. The van der Waals surface area contributed by atoms with E-state index in [9.17, 15) is 14.7 Å². The lowest BCUT2D eigenvalue weighted by atomic mass is 9.66. The molecule has 4 rings (SSSR count). The number of nitrogens with one attached hydrogen (secondary N) is 1. The van der Waals surface area contributed by atoms with Crippen molar-refractivity contribution in [2.24, 2.45) is 23.2 Å². The summed E-state index contributed by atoms with van der Waals surface area (Å²) >= 11 is 0. The molecule has 4 aliphatic rings. The van der Waals surface area contributed by atoms with Gasteiger partial charge in [-0.2, -0.15) is 0 Å². The van der Waals surface area contributed by atoms with Crippen LogP contribution < -0.4 is 5.32 Å². The molecule has 2 N–H and O–H groups in total. The number of hydrogen-bond acceptors (Lipinski definition) is 2. The molecule has 0 aromatic heterocycles. The average molecular weight is 277 g/mol. The molecule has 0 radical (unpaired) electrons. The van der Waals surface area contributed by atoms with Gasteiger partial charge in [-0.1, -0.05) is 18.6 Å². The summed E-state index contributed by atoms with van der Waals surface area (Å²) in [7, 11) is 0. The van der Waals surface area contributed by atoms with E-state index in [2.05, 4.69) is 17.5 Å². The minimum Gasteiger partial charge on any atom is -0.481 e. The number of allylic oxidation sites excluding steroid dienone is 2. The molecule has 110 valence electrons. The van der Waals surface area contributed by atoms with Crippen molar-refractivity contribution in [3.05, 3.63) is 12.2 Å². The minimum atomic E-state index is -0.807. The van der Waals surface area contributed by atoms with Crippen LogP contribution in [0.15, 0.2) is 12.2 Å². The van der Waals surface area contributed by atoms with Crippen molar-refractivity contribution >= 4 is 11.9 Å². The van der Waals surface area contributed by atoms with Crippen molar-refractivity contribution in [3.8, 4) is 0 Å². The summed E-state index contributed by atoms with van der Waals surface area (Å²) in [5, 5.41) is 12.2. The first kappa shape index (κ1) is 13.7. The van der Waals surface area contributed by atoms with Crippen molar-refractivity contribution in [1.29, 1.82) is 0 Å². The van der Waals surface area contributed by atoms with Crippen LogP contribution in [-0.2, 0) is 9.59 Å². The highest BCUT2D eigenvalue weighted by Crippen LogP contribution is 2.44. The third-order valence-corrected chi connectivity index (χ3v) is 5.54. The number of amides is 1. The van der Waals surface area contributed by atoms with Gasteiger partial charge >= 0.3 is 5.97 Å². The van der Waals surface area contributed by atoms with Crippen LogP contribution in [0.4, 0.5) is 0 Å². The van der Waals surface area contributed by atoms with Crippen LogP contribution >= 0.6 is 0 Å². The summed E-state index contributed by atoms with van der Waals surface area (Å²) in [4.78, 5) is 23.3. The van der Waals surface area contributed by atoms with Gasteiger partial charge in [0.2, 0.25) is 5.91 Å². The van der Waals surface area contributed by atoms with Gasteiger partial charge in [-0.3, -0.25) is 9.59 Å². The van der Waals surface area contributed by atoms with Crippen LogP contribution in [0, 0.1) is 23.2 Å². The highest BCUT2D eigenvalue weighted by atomic mass is 16.4. The van der Waals surface area contributed by atoms with Gasteiger partial charge in [-0.25, -0.2) is 0 Å². The topological polar surface area (TPSA) is 66.4 Å². The van der Waals surface area contributed by atoms with Crippen molar-refractivity contribution in [2.75, 3.05) is 6.54 Å². The molecule has 3 atom stereocenters. The fourth-order valence-electron chi connectivity index (χ4n) is 3.97. The lowest BCUT2D eigenvalue weighted by Gasteiger charge is -2.39. The van der Waals surface area contributed by atoms with E-state index in [1.54, 1.807) is 0 Å². The van der Waals surface area contributed by atoms with Crippen molar-refractivity contribution in [1.82, 2.24) is 5.32 Å². The number of carboxylic acid groups (broad SMARTS) is 1. The van der Waals surface area contributed by atoms with Crippen LogP contribution in [0.3, 0.4) is 0 Å². The number of rotatable bonds is 5. The largest absolute Gasteiger partial charge is 0.481 e. The number of carbonyl (C=O) groups excluding carboxylic acids is 1. The van der Waals surface area contributed by atoms with Crippen LogP contribution in [0.2, 0.25) is 0 Å². The van der Waals surface area contributed by atoms with Gasteiger partial charge < -0.3 is 10.4 Å². The zero-order valence-electron chi connectivity index (χ0n) is 11.8. The Kier molecular flexibility index (Phi) is 3.57. The molecule has 0 spiro atoms. The van der Waals surface area contributed by atoms with E-state index in [-0.39, 0.29) is 12.3 Å². The fraction of sp³-hybridized carbons (Fsp3) is 0.750. The van der Waals surface area contributed by atoms with Gasteiger partial charge in [0.1, 0.15) is 0 Å². The van der Waals surface area contributed by atoms with Crippen molar-refractivity contribution in [2.45, 2.75) is 44.9 Å². The number of hydrogen-bond donors (Lipinski definition) is 2. The van der Waals surface area contributed by atoms with E-state index < -0.39 is 11.4 Å². The molecule has 20 heavy (non-hydrogen) atoms. The number of aliphatic carboxylic acids is 1. The summed E-state index contributed by atoms with van der Waals surface area (Å²) < 4.78 is 0. The Labute approximate surface area is 119 Å². The predicted molar refractivity (Wildman–Crippen MR) is 75.0 cm³/mol. The molecule has 0 heterocycles. The maximum atomic E-state index is 12.0. The molecule has 0 aromatic carbocycles. The average Bonchev–Trinajstić information content (AvgIpc) is 2.41. The zero-order valence-corrected chi connectivity index (χ0v) is 11.8. The number of carbonyl (C=O) groups is 2. The summed E-state index contributed by atoms with van der Waals surface area (Å²) in [5.41, 5.74) is -0.768. The Bertz CT molecular complexity index is 439. The molecule has 0 aromatic rings. The molecule has 0 saturated heterocycles. The molecule has 4 aliphatic carbocycles. The normalized spacial score (nSPS) is 33.5. The maximum absolute atomic E-state index is 12.0. The van der Waals surface area contributed by atoms with Gasteiger partial charge in [0, 0.05) is 13.0 Å². The van der Waals surface area contributed by atoms with Gasteiger partial charge in [-0.05, 0) is 49.9 Å². The summed E-state index contributed by atoms with van der Waals surface area (Å²) in [6.45, 7) is 0.708. The first-order valence-electron chi connectivity index (χ1n) is 7.77. The highest BCUT2D eigenvalue weighted by molar-refractivity contribution is 5.85. The van der Waals surface area contributed by atoms with Crippen LogP contribution in [0.5, 0.6) is 0 Å². The van der Waals surface area contributed by atoms with Gasteiger partial charge in [-0.15, -0.1) is 0 Å². The molecule has 4 heteroatoms. The molecule has 0 aliphatic heterocycles. The quantitative estimate of drug-likeness (QED) is 0.758. The minimum absolute atomic E-state index is 0.0856. The van der Waals surface area contributed by atoms with Crippen molar-refractivity contribution in [3.63, 3.8) is 0 Å². The van der Waals surface area contributed by atoms with Crippen LogP contribution in [0.25, 0.3) is 0 Å². The Morgan fingerprint density at radius 3 is 2.50 bits per heavy atom. The SMILES string of the molecule is O=C(CC1(C(=O)O)CCC1)NCC1CC2C=CC1CC2. The monoisotopic (exact) mass is 277 g/mol. The van der Waals surface area contributed by atoms with E-state index >= 15 is 0 Å². The fourth-order valence-corrected chi connectivity index (χ4v) is 3.97. The number of carboxylic acids is 1. The Hall–Kier alpha value is -1.32. The van der Waals surface area contributed by atoms with E-state index in [1.807, 2.05) is 0 Å². The molecule has 2 saturated carbocycles. The molecule has 3 unspecified atom stereocenters. The Morgan fingerprint density at radius 1 is 1.25 bits per heavy atom. The second-order valence-electron chi connectivity index (χ2n) is 6.80. The van der Waals surface area contributed by atoms with Gasteiger partial charge in [0.05, 0.1) is 5.41 Å². The predicted octanol–water partition coefficient (Wildman–Crippen LogP) is 2.35. The van der Waals surface area contributed by atoms with E-state index in [0.29, 0.717) is 37.1 Å². The summed E-state index contributed by atoms with van der Waals surface area (Å²) in [5.74, 6) is 0.956. The lowest BCUT2D eigenvalue weighted by molar-refractivity contribution is -0.157. The van der Waals surface area contributed by atoms with E-state index in [4.69, 9.17) is 0 Å². The lowest BCUT2D eigenvalue weighted by Crippen LogP contribution is -2.44. The van der Waals surface area contributed by atoms with Gasteiger partial charge in [0.25, 0.3) is 0 Å². The Morgan fingerprint density at radius 2 is 2.05 bits per heavy atom. The third kappa shape index (κ3) is 2.48. The highest BCUT2D eigenvalue weighted by Gasteiger charge is 2.46. The van der Waals surface area contributed by atoms with Crippen LogP contribution in [0.1, 0.15) is 44.9 Å². The molecule has 4 nitrogen and oxygen atoms in total. The van der Waals surface area contributed by atoms with E-state index in [1.165, 1.54) is 19.3 Å². The summed E-state index contributed by atoms with van der Waals surface area (Å²) in [6, 6.07) is 0. The molecular formula is C16H23NO3. The standard InChI is InChI=1S/C16H23NO3/c18-14(9-16(15(19)20)6-1-7-16)17-10-13-8-11-2-4-12(13)5-3-11/h2,4,11-13H,1,3,5-10H2,(H,17,18)(H,19,20). The molecular weight excluding hydrogens is 254 g/mol. The number of fused-ring (bicyclic) bond motifs is 2. The Balaban J connectivity index is 1.48. The van der Waals surface area contributed by atoms with E-state index in [0.717, 1.165) is 6.42 Å². The molecule has 1 amide bonds. The maximum Gasteiger partial charge on any atom is 0.310 e. The first-order valence-corrected chi connectivity index (χ1v) is 7.77. The summed E-state index contributed by atoms with van der Waals surface area (Å²) in [6.07, 6.45) is 10.7. The first-order chi connectivity index (χ1) is 9.59.